The molecule has 0 aliphatic heterocycles. The molecule has 0 saturated carbocycles. The van der Waals surface area contributed by atoms with Gasteiger partial charge in [-0.25, -0.2) is 4.98 Å². The molecule has 0 aliphatic rings. The molecule has 0 amide bonds. The van der Waals surface area contributed by atoms with Gasteiger partial charge in [-0.3, -0.25) is 10.1 Å². The molecule has 104 valence electrons. The van der Waals surface area contributed by atoms with Gasteiger partial charge in [0.15, 0.2) is 0 Å². The van der Waals surface area contributed by atoms with Crippen LogP contribution in [-0.4, -0.2) is 14.9 Å². The SMILES string of the molecule is CC(C)c1ccc(Oc2nc(N)ncc2[N+](=O)[O-])cc1. The van der Waals surface area contributed by atoms with E-state index in [1.807, 2.05) is 12.1 Å². The minimum Gasteiger partial charge on any atom is -0.434 e. The molecule has 0 unspecified atom stereocenters. The molecule has 1 aromatic carbocycles. The molecule has 0 atom stereocenters. The lowest BCUT2D eigenvalue weighted by molar-refractivity contribution is -0.386. The Balaban J connectivity index is 2.29. The highest BCUT2D eigenvalue weighted by Gasteiger charge is 2.19. The monoisotopic (exact) mass is 274 g/mol. The maximum atomic E-state index is 10.9. The lowest BCUT2D eigenvalue weighted by Gasteiger charge is -2.08. The van der Waals surface area contributed by atoms with E-state index in [1.54, 1.807) is 12.1 Å². The molecule has 2 N–H and O–H groups in total. The molecule has 0 radical (unpaired) electrons. The Morgan fingerprint density at radius 1 is 1.30 bits per heavy atom. The van der Waals surface area contributed by atoms with Gasteiger partial charge in [-0.05, 0) is 23.6 Å². The first kappa shape index (κ1) is 13.7. The van der Waals surface area contributed by atoms with Gasteiger partial charge in [-0.2, -0.15) is 4.98 Å². The third-order valence-corrected chi connectivity index (χ3v) is 2.71. The lowest BCUT2D eigenvalue weighted by Crippen LogP contribution is -2.01. The first-order chi connectivity index (χ1) is 9.47. The lowest BCUT2D eigenvalue weighted by atomic mass is 10.0. The summed E-state index contributed by atoms with van der Waals surface area (Å²) in [6, 6.07) is 7.27. The van der Waals surface area contributed by atoms with Crippen LogP contribution in [0.1, 0.15) is 25.3 Å². The Labute approximate surface area is 115 Å². The summed E-state index contributed by atoms with van der Waals surface area (Å²) in [6.07, 6.45) is 1.03. The molecule has 7 heteroatoms. The van der Waals surface area contributed by atoms with E-state index >= 15 is 0 Å². The van der Waals surface area contributed by atoms with Crippen LogP contribution in [0.4, 0.5) is 11.6 Å². The zero-order valence-corrected chi connectivity index (χ0v) is 11.1. The largest absolute Gasteiger partial charge is 0.434 e. The van der Waals surface area contributed by atoms with Gasteiger partial charge in [0, 0.05) is 0 Å². The van der Waals surface area contributed by atoms with E-state index in [1.165, 1.54) is 0 Å². The van der Waals surface area contributed by atoms with Crippen LogP contribution < -0.4 is 10.5 Å². The smallest absolute Gasteiger partial charge is 0.349 e. The molecule has 0 fully saturated rings. The molecule has 7 nitrogen and oxygen atoms in total. The summed E-state index contributed by atoms with van der Waals surface area (Å²) < 4.78 is 5.41. The normalized spacial score (nSPS) is 10.6. The molecule has 2 rings (SSSR count). The topological polar surface area (TPSA) is 104 Å². The highest BCUT2D eigenvalue weighted by Crippen LogP contribution is 2.29. The number of ether oxygens (including phenoxy) is 1. The summed E-state index contributed by atoms with van der Waals surface area (Å²) in [5, 5.41) is 10.9. The second-order valence-electron chi connectivity index (χ2n) is 4.50. The number of aromatic nitrogens is 2. The molecular formula is C13H14N4O3. The van der Waals surface area contributed by atoms with E-state index in [2.05, 4.69) is 23.8 Å². The number of hydrogen-bond acceptors (Lipinski definition) is 6. The number of rotatable bonds is 4. The zero-order chi connectivity index (χ0) is 14.7. The van der Waals surface area contributed by atoms with Crippen LogP contribution in [-0.2, 0) is 0 Å². The number of hydrogen-bond donors (Lipinski definition) is 1. The summed E-state index contributed by atoms with van der Waals surface area (Å²) in [5.74, 6) is 0.605. The maximum absolute atomic E-state index is 10.9. The molecular weight excluding hydrogens is 260 g/mol. The fourth-order valence-corrected chi connectivity index (χ4v) is 1.61. The molecule has 20 heavy (non-hydrogen) atoms. The molecule has 0 saturated heterocycles. The van der Waals surface area contributed by atoms with Crippen LogP contribution in [0.2, 0.25) is 0 Å². The van der Waals surface area contributed by atoms with Gasteiger partial charge in [0.2, 0.25) is 5.95 Å². The predicted molar refractivity (Wildman–Crippen MR) is 73.7 cm³/mol. The number of nitro groups is 1. The second-order valence-corrected chi connectivity index (χ2v) is 4.50. The molecule has 0 bridgehead atoms. The van der Waals surface area contributed by atoms with Crippen LogP contribution in [0.25, 0.3) is 0 Å². The summed E-state index contributed by atoms with van der Waals surface area (Å²) in [6.45, 7) is 4.15. The van der Waals surface area contributed by atoms with Crippen molar-refractivity contribution in [3.63, 3.8) is 0 Å². The Kier molecular flexibility index (Phi) is 3.79. The average molecular weight is 274 g/mol. The van der Waals surface area contributed by atoms with Crippen molar-refractivity contribution in [1.82, 2.24) is 9.97 Å². The van der Waals surface area contributed by atoms with Gasteiger partial charge in [-0.15, -0.1) is 0 Å². The fraction of sp³-hybridized carbons (Fsp3) is 0.231. The van der Waals surface area contributed by atoms with E-state index in [0.29, 0.717) is 11.7 Å². The van der Waals surface area contributed by atoms with Crippen LogP contribution in [0, 0.1) is 10.1 Å². The third kappa shape index (κ3) is 3.00. The molecule has 0 spiro atoms. The number of nitrogen functional groups attached to an aromatic ring is 1. The molecule has 2 aromatic rings. The minimum atomic E-state index is -0.614. The highest BCUT2D eigenvalue weighted by atomic mass is 16.6. The Bertz CT molecular complexity index is 626. The first-order valence-corrected chi connectivity index (χ1v) is 6.02. The zero-order valence-electron chi connectivity index (χ0n) is 11.1. The Hall–Kier alpha value is -2.70. The van der Waals surface area contributed by atoms with E-state index in [9.17, 15) is 10.1 Å². The van der Waals surface area contributed by atoms with Crippen molar-refractivity contribution in [2.24, 2.45) is 0 Å². The predicted octanol–water partition coefficient (Wildman–Crippen LogP) is 2.88. The first-order valence-electron chi connectivity index (χ1n) is 6.02. The fourth-order valence-electron chi connectivity index (χ4n) is 1.61. The van der Waals surface area contributed by atoms with Gasteiger partial charge in [-0.1, -0.05) is 26.0 Å². The summed E-state index contributed by atoms with van der Waals surface area (Å²) in [4.78, 5) is 17.6. The standard InChI is InChI=1S/C13H14N4O3/c1-8(2)9-3-5-10(6-4-9)20-12-11(17(18)19)7-15-13(14)16-12/h3-8H,1-2H3,(H2,14,15,16). The molecule has 1 aromatic heterocycles. The number of nitrogens with two attached hydrogens (primary N) is 1. The van der Waals surface area contributed by atoms with Crippen molar-refractivity contribution in [3.8, 4) is 11.6 Å². The van der Waals surface area contributed by atoms with Crippen molar-refractivity contribution < 1.29 is 9.66 Å². The van der Waals surface area contributed by atoms with E-state index in [0.717, 1.165) is 11.8 Å². The number of anilines is 1. The van der Waals surface area contributed by atoms with Crippen LogP contribution in [0.15, 0.2) is 30.5 Å². The van der Waals surface area contributed by atoms with E-state index < -0.39 is 4.92 Å². The van der Waals surface area contributed by atoms with Crippen LogP contribution in [0.5, 0.6) is 11.6 Å². The average Bonchev–Trinajstić information content (AvgIpc) is 2.39. The van der Waals surface area contributed by atoms with Gasteiger partial charge < -0.3 is 10.5 Å². The highest BCUT2D eigenvalue weighted by molar-refractivity contribution is 5.44. The third-order valence-electron chi connectivity index (χ3n) is 2.71. The minimum absolute atomic E-state index is 0.0793. The van der Waals surface area contributed by atoms with Gasteiger partial charge in [0.1, 0.15) is 11.9 Å². The van der Waals surface area contributed by atoms with Gasteiger partial charge >= 0.3 is 11.6 Å². The van der Waals surface area contributed by atoms with E-state index in [-0.39, 0.29) is 17.5 Å². The second kappa shape index (κ2) is 5.52. The quantitative estimate of drug-likeness (QED) is 0.679. The maximum Gasteiger partial charge on any atom is 0.349 e. The summed E-state index contributed by atoms with van der Waals surface area (Å²) in [5.41, 5.74) is 6.24. The summed E-state index contributed by atoms with van der Waals surface area (Å²) in [7, 11) is 0. The van der Waals surface area contributed by atoms with Gasteiger partial charge in [0.05, 0.1) is 4.92 Å². The van der Waals surface area contributed by atoms with E-state index in [4.69, 9.17) is 10.5 Å². The molecule has 1 heterocycles. The van der Waals surface area contributed by atoms with Gasteiger partial charge in [0.25, 0.3) is 0 Å². The summed E-state index contributed by atoms with van der Waals surface area (Å²) >= 11 is 0. The van der Waals surface area contributed by atoms with Crippen molar-refractivity contribution in [3.05, 3.63) is 46.1 Å². The van der Waals surface area contributed by atoms with Crippen LogP contribution in [0.3, 0.4) is 0 Å². The van der Waals surface area contributed by atoms with Crippen molar-refractivity contribution in [2.45, 2.75) is 19.8 Å². The van der Waals surface area contributed by atoms with Crippen molar-refractivity contribution in [1.29, 1.82) is 0 Å². The Morgan fingerprint density at radius 2 is 1.95 bits per heavy atom. The number of nitrogens with zero attached hydrogens (tertiary/aromatic N) is 3. The molecule has 0 aliphatic carbocycles. The van der Waals surface area contributed by atoms with Crippen molar-refractivity contribution >= 4 is 11.6 Å². The van der Waals surface area contributed by atoms with Crippen molar-refractivity contribution in [2.75, 3.05) is 5.73 Å². The Morgan fingerprint density at radius 3 is 2.50 bits per heavy atom. The number of benzene rings is 1. The van der Waals surface area contributed by atoms with Crippen LogP contribution >= 0.6 is 0 Å².